The number of benzene rings is 6. The number of carboxylic acids is 6. The smallest absolute Gasteiger partial charge is 0.345 e. The van der Waals surface area contributed by atoms with E-state index in [0.717, 1.165) is 62.1 Å². The molecule has 32 heteroatoms. The van der Waals surface area contributed by atoms with Crippen LogP contribution in [0.5, 0.6) is 17.2 Å². The minimum atomic E-state index is -1.50. The summed E-state index contributed by atoms with van der Waals surface area (Å²) in [5.74, 6) is -9.94. The van der Waals surface area contributed by atoms with Crippen LogP contribution in [0.2, 0.25) is 10.0 Å². The van der Waals surface area contributed by atoms with Crippen molar-refractivity contribution in [1.82, 2.24) is 29.9 Å². The molecular weight excluding hydrogens is 1680 g/mol. The number of halogens is 4. The molecule has 0 atom stereocenters. The SMILES string of the molecule is CCc1c(-c2ccc(Cl)cc2)[nH]c(=O)c(C(=O)O)c1O.CCc1c(-c2ccc(F)cc2)[nH]c(=O)c(C(=O)O)c1O.CCc1c(-c2ccc(N3CCCCC3)c(C)c2)[nH]c(=O)c(C(=O)O)c1O.CCc1cc(C(=O)O)c(=O)[nH]c1-c1ccc(Br)cc1.CCc1cc(C(=O)O)c(=O)[nH]c1-c1ccc(Cl)cc1.CCc1cc(C(=O)O)c(=O)[nH]c1-c1ccccc1. The predicted octanol–water partition coefficient (Wildman–Crippen LogP) is 16.4. The molecule has 6 aromatic heterocycles. The van der Waals surface area contributed by atoms with Crippen LogP contribution in [0.25, 0.3) is 67.5 Å². The van der Waals surface area contributed by atoms with Crippen LogP contribution in [0.3, 0.4) is 0 Å². The monoisotopic (exact) mass is 1770 g/mol. The lowest BCUT2D eigenvalue weighted by Gasteiger charge is -2.30. The summed E-state index contributed by atoms with van der Waals surface area (Å²) in [5, 5.41) is 85.3. The molecule has 13 rings (SSSR count). The van der Waals surface area contributed by atoms with Crippen molar-refractivity contribution in [3.8, 4) is 84.8 Å². The molecule has 6 aromatic carbocycles. The first kappa shape index (κ1) is 93.5. The average Bonchev–Trinajstić information content (AvgIpc) is 0.758. The van der Waals surface area contributed by atoms with Crippen molar-refractivity contribution in [2.45, 2.75) is 106 Å². The van der Waals surface area contributed by atoms with E-state index in [0.29, 0.717) is 111 Å². The molecule has 634 valence electrons. The topological polar surface area (TPSA) is 485 Å². The van der Waals surface area contributed by atoms with Crippen LogP contribution >= 0.6 is 39.1 Å². The van der Waals surface area contributed by atoms with Gasteiger partial charge in [0.2, 0.25) is 0 Å². The van der Waals surface area contributed by atoms with Gasteiger partial charge in [0.05, 0.1) is 34.2 Å². The molecule has 7 heterocycles. The number of aromatic nitrogens is 6. The third-order valence-corrected chi connectivity index (χ3v) is 20.6. The van der Waals surface area contributed by atoms with Crippen molar-refractivity contribution in [1.29, 1.82) is 0 Å². The molecule has 0 saturated carbocycles. The molecule has 15 N–H and O–H groups in total. The number of aryl methyl sites for hydroxylation is 4. The summed E-state index contributed by atoms with van der Waals surface area (Å²) in [6.45, 7) is 15.2. The molecular formula is C90H85BrCl2FN7O21. The molecule has 1 aliphatic rings. The van der Waals surface area contributed by atoms with Gasteiger partial charge in [0.1, 0.15) is 39.8 Å². The van der Waals surface area contributed by atoms with E-state index in [1.54, 1.807) is 62.4 Å². The van der Waals surface area contributed by atoms with Crippen LogP contribution in [0.15, 0.2) is 197 Å². The van der Waals surface area contributed by atoms with Crippen molar-refractivity contribution in [2.24, 2.45) is 0 Å². The second kappa shape index (κ2) is 42.6. The molecule has 28 nitrogen and oxygen atoms in total. The minimum Gasteiger partial charge on any atom is -0.506 e. The molecule has 0 spiro atoms. The van der Waals surface area contributed by atoms with E-state index < -0.39 is 109 Å². The lowest BCUT2D eigenvalue weighted by Crippen LogP contribution is -2.29. The zero-order valence-electron chi connectivity index (χ0n) is 66.7. The van der Waals surface area contributed by atoms with Gasteiger partial charge in [-0.2, -0.15) is 0 Å². The van der Waals surface area contributed by atoms with E-state index in [1.165, 1.54) is 67.4 Å². The van der Waals surface area contributed by atoms with Gasteiger partial charge in [-0.1, -0.05) is 153 Å². The van der Waals surface area contributed by atoms with Crippen molar-refractivity contribution in [3.05, 3.63) is 319 Å². The highest BCUT2D eigenvalue weighted by atomic mass is 79.9. The fraction of sp³-hybridized carbons (Fsp3) is 0.200. The molecule has 1 fully saturated rings. The van der Waals surface area contributed by atoms with Crippen molar-refractivity contribution < 1.29 is 79.1 Å². The summed E-state index contributed by atoms with van der Waals surface area (Å²) in [5.41, 5.74) is 6.51. The van der Waals surface area contributed by atoms with E-state index in [1.807, 2.05) is 107 Å². The van der Waals surface area contributed by atoms with Gasteiger partial charge in [0, 0.05) is 50.0 Å². The molecule has 1 aliphatic heterocycles. The molecule has 0 radical (unpaired) electrons. The normalized spacial score (nSPS) is 11.3. The zero-order valence-corrected chi connectivity index (χ0v) is 69.8. The van der Waals surface area contributed by atoms with Crippen LogP contribution in [-0.2, 0) is 38.5 Å². The van der Waals surface area contributed by atoms with Crippen LogP contribution in [0.1, 0.15) is 162 Å². The summed E-state index contributed by atoms with van der Waals surface area (Å²) in [7, 11) is 0. The number of pyridine rings is 6. The number of anilines is 1. The number of H-pyrrole nitrogens is 6. The number of carbonyl (C=O) groups is 6. The highest BCUT2D eigenvalue weighted by Crippen LogP contribution is 2.36. The Morgan fingerprint density at radius 3 is 0.951 bits per heavy atom. The maximum Gasteiger partial charge on any atom is 0.345 e. The Morgan fingerprint density at radius 2 is 0.648 bits per heavy atom. The second-order valence-electron chi connectivity index (χ2n) is 27.2. The number of aromatic hydroxyl groups is 3. The van der Waals surface area contributed by atoms with Gasteiger partial charge >= 0.3 is 35.8 Å². The van der Waals surface area contributed by atoms with Crippen LogP contribution < -0.4 is 38.3 Å². The van der Waals surface area contributed by atoms with E-state index in [2.05, 4.69) is 50.7 Å². The summed E-state index contributed by atoms with van der Waals surface area (Å²) >= 11 is 15.0. The number of hydrogen-bond acceptors (Lipinski definition) is 16. The lowest BCUT2D eigenvalue weighted by atomic mass is 9.98. The molecule has 0 unspecified atom stereocenters. The highest BCUT2D eigenvalue weighted by molar-refractivity contribution is 9.10. The van der Waals surface area contributed by atoms with E-state index in [9.17, 15) is 77.2 Å². The first-order valence-electron chi connectivity index (χ1n) is 38.1. The third kappa shape index (κ3) is 22.7. The number of nitrogens with one attached hydrogen (secondary N) is 6. The van der Waals surface area contributed by atoms with Gasteiger partial charge in [-0.15, -0.1) is 0 Å². The average molecular weight is 1770 g/mol. The second-order valence-corrected chi connectivity index (χ2v) is 29.0. The number of aromatic carboxylic acids is 6. The molecule has 0 amide bonds. The quantitative estimate of drug-likeness (QED) is 0.0357. The Kier molecular flexibility index (Phi) is 32.7. The van der Waals surface area contributed by atoms with Crippen LogP contribution in [0.4, 0.5) is 10.1 Å². The number of carboxylic acid groups (broad SMARTS) is 6. The van der Waals surface area contributed by atoms with E-state index >= 15 is 0 Å². The van der Waals surface area contributed by atoms with Gasteiger partial charge < -0.3 is 80.8 Å². The highest BCUT2D eigenvalue weighted by Gasteiger charge is 2.27. The summed E-state index contributed by atoms with van der Waals surface area (Å²) in [6.07, 6.45) is 6.67. The van der Waals surface area contributed by atoms with Gasteiger partial charge in [0.15, 0.2) is 16.7 Å². The molecule has 0 aliphatic carbocycles. The van der Waals surface area contributed by atoms with Gasteiger partial charge in [-0.25, -0.2) is 33.2 Å². The summed E-state index contributed by atoms with van der Waals surface area (Å²) < 4.78 is 13.9. The number of piperidine rings is 1. The minimum absolute atomic E-state index is 0.216. The lowest BCUT2D eigenvalue weighted by molar-refractivity contribution is 0.0680. The third-order valence-electron chi connectivity index (χ3n) is 19.6. The Morgan fingerprint density at radius 1 is 0.361 bits per heavy atom. The standard InChI is InChI=1S/C20H24N2O4.C14H12BrNO3.C14H12ClNO4.C14H12ClNO3.C14H12FNO4.C14H13NO3/c1-3-14-17(21-19(24)16(18(14)23)20(25)26)13-7-8-15(12(2)11-13)22-9-5-4-6-10-22;1-2-8-7-11(14(18)19)13(17)16-12(8)9-3-5-10(15)6-4-9;1-2-9-11(7-3-5-8(15)6-4-7)16-13(18)10(12(9)17)14(19)20;1-2-8-7-11(14(18)19)13(17)16-12(8)9-3-5-10(15)6-4-9;1-2-9-11(7-3-5-8(15)6-4-7)16-13(18)10(12(9)17)14(19)20;1-2-9-8-11(14(17)18)13(16)15-12(9)10-6-4-3-5-7-10/h7-8,11H,3-6,9-10H2,1-2H3,(H,25,26)(H2,21,23,24);3-7H,2H2,1H3,(H,16,17)(H,18,19);3-6H,2H2,1H3,(H,19,20)(H2,16,17,18);3-7H,2H2,1H3,(H,16,17)(H,18,19);3-6H,2H2,1H3,(H,19,20)(H2,16,17,18);3-8H,2H2,1H3,(H,15,16)(H,17,18). The fourth-order valence-corrected chi connectivity index (χ4v) is 13.9. The predicted molar refractivity (Wildman–Crippen MR) is 466 cm³/mol. The Labute approximate surface area is 713 Å². The number of rotatable bonds is 19. The Hall–Kier alpha value is -14.0. The van der Waals surface area contributed by atoms with Crippen molar-refractivity contribution >= 4 is 80.6 Å². The molecule has 0 bridgehead atoms. The van der Waals surface area contributed by atoms with Crippen LogP contribution in [0, 0.1) is 12.7 Å². The van der Waals surface area contributed by atoms with E-state index in [-0.39, 0.29) is 16.7 Å². The van der Waals surface area contributed by atoms with Crippen molar-refractivity contribution in [2.75, 3.05) is 18.0 Å². The maximum absolute atomic E-state index is 12.9. The summed E-state index contributed by atoms with van der Waals surface area (Å²) in [6, 6.07) is 46.1. The molecule has 12 aromatic rings. The molecule has 1 saturated heterocycles. The van der Waals surface area contributed by atoms with Gasteiger partial charge in [-0.05, 0) is 211 Å². The van der Waals surface area contributed by atoms with Crippen LogP contribution in [-0.4, -0.2) is 125 Å². The summed E-state index contributed by atoms with van der Waals surface area (Å²) in [4.78, 5) is 155. The maximum atomic E-state index is 12.9. The number of hydrogen-bond donors (Lipinski definition) is 15. The first-order valence-corrected chi connectivity index (χ1v) is 39.7. The first-order chi connectivity index (χ1) is 58.0. The Bertz CT molecular complexity index is 6030. The van der Waals surface area contributed by atoms with E-state index in [4.69, 9.17) is 53.8 Å². The largest absolute Gasteiger partial charge is 0.506 e. The fourth-order valence-electron chi connectivity index (χ4n) is 13.4. The van der Waals surface area contributed by atoms with Gasteiger partial charge in [0.25, 0.3) is 33.4 Å². The number of nitrogens with zero attached hydrogens (tertiary/aromatic N) is 1. The Balaban J connectivity index is 0.000000183. The number of aromatic amines is 6. The zero-order chi connectivity index (χ0) is 89.7. The van der Waals surface area contributed by atoms with Gasteiger partial charge in [-0.3, -0.25) is 28.8 Å². The molecule has 122 heavy (non-hydrogen) atoms. The van der Waals surface area contributed by atoms with Crippen molar-refractivity contribution in [3.63, 3.8) is 0 Å².